The topological polar surface area (TPSA) is 88.5 Å². The second-order valence-electron chi connectivity index (χ2n) is 7.08. The van der Waals surface area contributed by atoms with Crippen molar-refractivity contribution in [1.82, 2.24) is 24.5 Å². The Morgan fingerprint density at radius 2 is 1.97 bits per heavy atom. The molecule has 1 atom stereocenters. The zero-order chi connectivity index (χ0) is 21.5. The predicted molar refractivity (Wildman–Crippen MR) is 118 cm³/mol. The van der Waals surface area contributed by atoms with Crippen molar-refractivity contribution in [3.05, 3.63) is 88.1 Å². The number of hydrogen-bond donors (Lipinski definition) is 2. The van der Waals surface area contributed by atoms with E-state index < -0.39 is 5.82 Å². The monoisotopic (exact) mass is 434 g/mol. The summed E-state index contributed by atoms with van der Waals surface area (Å²) in [4.78, 5) is 29.1. The fourth-order valence-corrected chi connectivity index (χ4v) is 3.87. The van der Waals surface area contributed by atoms with Crippen LogP contribution in [0.3, 0.4) is 0 Å². The van der Waals surface area contributed by atoms with Crippen molar-refractivity contribution in [2.75, 3.05) is 5.32 Å². The maximum atomic E-state index is 13.9. The molecule has 5 aromatic rings. The molecule has 3 aromatic heterocycles. The number of para-hydroxylation sites is 1. The van der Waals surface area contributed by atoms with Gasteiger partial charge in [-0.25, -0.2) is 19.3 Å². The Labute approximate surface area is 180 Å². The number of nitrogens with one attached hydrogen (secondary N) is 2. The highest BCUT2D eigenvalue weighted by Gasteiger charge is 2.19. The fourth-order valence-electron chi connectivity index (χ4n) is 3.65. The maximum absolute atomic E-state index is 13.9. The van der Waals surface area contributed by atoms with Crippen molar-refractivity contribution in [2.45, 2.75) is 13.0 Å². The van der Waals surface area contributed by atoms with Gasteiger partial charge in [-0.2, -0.15) is 0 Å². The average molecular weight is 435 g/mol. The number of benzene rings is 2. The zero-order valence-corrected chi connectivity index (χ0v) is 17.1. The molecule has 0 aliphatic rings. The highest BCUT2D eigenvalue weighted by molar-refractivity contribution is 6.32. The van der Waals surface area contributed by atoms with E-state index in [-0.39, 0.29) is 17.0 Å². The summed E-state index contributed by atoms with van der Waals surface area (Å²) in [5.41, 5.74) is 1.98. The smallest absolute Gasteiger partial charge is 0.263 e. The van der Waals surface area contributed by atoms with E-state index >= 15 is 0 Å². The molecule has 0 fully saturated rings. The Kier molecular flexibility index (Phi) is 4.63. The van der Waals surface area contributed by atoms with Gasteiger partial charge in [-0.3, -0.25) is 9.36 Å². The van der Waals surface area contributed by atoms with E-state index in [0.717, 1.165) is 0 Å². The van der Waals surface area contributed by atoms with Gasteiger partial charge in [0.2, 0.25) is 0 Å². The Balaban J connectivity index is 1.72. The van der Waals surface area contributed by atoms with E-state index in [9.17, 15) is 9.18 Å². The van der Waals surface area contributed by atoms with Crippen molar-refractivity contribution in [2.24, 2.45) is 0 Å². The lowest BCUT2D eigenvalue weighted by Gasteiger charge is -2.22. The SMILES string of the molecule is C[C@@H](Nc1ncnc2[nH]cnc12)c1cc2ccc(F)cc2c(=O)n1-c1ccccc1Cl. The molecule has 7 nitrogen and oxygen atoms in total. The van der Waals surface area contributed by atoms with Crippen LogP contribution in [0.1, 0.15) is 18.7 Å². The lowest BCUT2D eigenvalue weighted by atomic mass is 10.1. The molecule has 0 spiro atoms. The third-order valence-corrected chi connectivity index (χ3v) is 5.44. The summed E-state index contributed by atoms with van der Waals surface area (Å²) in [6.45, 7) is 1.90. The summed E-state index contributed by atoms with van der Waals surface area (Å²) in [5, 5.41) is 4.62. The van der Waals surface area contributed by atoms with Gasteiger partial charge in [0.25, 0.3) is 5.56 Å². The van der Waals surface area contributed by atoms with E-state index in [2.05, 4.69) is 25.3 Å². The molecule has 154 valence electrons. The minimum Gasteiger partial charge on any atom is -0.360 e. The summed E-state index contributed by atoms with van der Waals surface area (Å²) < 4.78 is 15.4. The van der Waals surface area contributed by atoms with Gasteiger partial charge in [-0.05, 0) is 42.6 Å². The minimum atomic E-state index is -0.476. The number of aromatic nitrogens is 5. The molecule has 0 saturated heterocycles. The molecule has 9 heteroatoms. The average Bonchev–Trinajstić information content (AvgIpc) is 3.25. The van der Waals surface area contributed by atoms with E-state index in [0.29, 0.717) is 38.8 Å². The predicted octanol–water partition coefficient (Wildman–Crippen LogP) is 4.62. The van der Waals surface area contributed by atoms with Crippen molar-refractivity contribution >= 4 is 39.4 Å². The summed E-state index contributed by atoms with van der Waals surface area (Å²) in [6.07, 6.45) is 2.97. The molecule has 3 heterocycles. The Morgan fingerprint density at radius 3 is 2.81 bits per heavy atom. The van der Waals surface area contributed by atoms with E-state index in [1.54, 1.807) is 36.7 Å². The van der Waals surface area contributed by atoms with Crippen LogP contribution in [0.2, 0.25) is 5.02 Å². The standard InChI is InChI=1S/C22H16ClFN6O/c1-12(29-21-19-20(26-10-25-19)27-11-28-21)18-8-13-6-7-14(24)9-15(13)22(31)30(18)17-5-3-2-4-16(17)23/h2-12H,1H3,(H2,25,26,27,28,29)/t12-/m1/s1. The lowest BCUT2D eigenvalue weighted by Crippen LogP contribution is -2.26. The molecule has 0 aliphatic heterocycles. The number of hydrogen-bond acceptors (Lipinski definition) is 5. The first-order chi connectivity index (χ1) is 15.0. The molecule has 2 N–H and O–H groups in total. The molecule has 0 saturated carbocycles. The number of rotatable bonds is 4. The van der Waals surface area contributed by atoms with Gasteiger partial charge in [0.05, 0.1) is 28.5 Å². The highest BCUT2D eigenvalue weighted by Crippen LogP contribution is 2.28. The van der Waals surface area contributed by atoms with Gasteiger partial charge in [0.15, 0.2) is 11.5 Å². The van der Waals surface area contributed by atoms with E-state index in [1.807, 2.05) is 13.0 Å². The van der Waals surface area contributed by atoms with Crippen LogP contribution in [0.15, 0.2) is 66.0 Å². The van der Waals surface area contributed by atoms with Crippen LogP contribution >= 0.6 is 11.6 Å². The number of halogens is 2. The van der Waals surface area contributed by atoms with E-state index in [4.69, 9.17) is 11.6 Å². The number of fused-ring (bicyclic) bond motifs is 2. The van der Waals surface area contributed by atoms with Crippen LogP contribution in [-0.4, -0.2) is 24.5 Å². The number of anilines is 1. The van der Waals surface area contributed by atoms with Gasteiger partial charge in [-0.1, -0.05) is 29.8 Å². The van der Waals surface area contributed by atoms with Crippen LogP contribution in [0.5, 0.6) is 0 Å². The highest BCUT2D eigenvalue weighted by atomic mass is 35.5. The molecule has 0 unspecified atom stereocenters. The maximum Gasteiger partial charge on any atom is 0.263 e. The molecule has 0 aliphatic carbocycles. The summed E-state index contributed by atoms with van der Waals surface area (Å²) in [6, 6.07) is 12.7. The number of aromatic amines is 1. The van der Waals surface area contributed by atoms with Crippen molar-refractivity contribution in [3.63, 3.8) is 0 Å². The minimum absolute atomic E-state index is 0.271. The van der Waals surface area contributed by atoms with Crippen molar-refractivity contribution < 1.29 is 4.39 Å². The zero-order valence-electron chi connectivity index (χ0n) is 16.3. The van der Waals surface area contributed by atoms with Crippen LogP contribution in [0.4, 0.5) is 10.2 Å². The van der Waals surface area contributed by atoms with Gasteiger partial charge < -0.3 is 10.3 Å². The normalized spacial score (nSPS) is 12.4. The largest absolute Gasteiger partial charge is 0.360 e. The van der Waals surface area contributed by atoms with Gasteiger partial charge >= 0.3 is 0 Å². The molecule has 0 bridgehead atoms. The molecule has 0 amide bonds. The molecular formula is C22H16ClFN6O. The van der Waals surface area contributed by atoms with Gasteiger partial charge in [-0.15, -0.1) is 0 Å². The third-order valence-electron chi connectivity index (χ3n) is 5.12. The molecule has 5 rings (SSSR count). The van der Waals surface area contributed by atoms with Crippen LogP contribution in [-0.2, 0) is 0 Å². The first-order valence-electron chi connectivity index (χ1n) is 9.53. The molecular weight excluding hydrogens is 419 g/mol. The lowest BCUT2D eigenvalue weighted by molar-refractivity contribution is 0.629. The molecule has 31 heavy (non-hydrogen) atoms. The third kappa shape index (κ3) is 3.30. The number of pyridine rings is 1. The van der Waals surface area contributed by atoms with Crippen LogP contribution in [0, 0.1) is 5.82 Å². The van der Waals surface area contributed by atoms with Gasteiger partial charge in [0.1, 0.15) is 17.7 Å². The van der Waals surface area contributed by atoms with Crippen LogP contribution < -0.4 is 10.9 Å². The summed E-state index contributed by atoms with van der Waals surface area (Å²) >= 11 is 6.42. The van der Waals surface area contributed by atoms with Crippen LogP contribution in [0.25, 0.3) is 27.6 Å². The second-order valence-corrected chi connectivity index (χ2v) is 7.49. The van der Waals surface area contributed by atoms with Crippen molar-refractivity contribution in [1.29, 1.82) is 0 Å². The second kappa shape index (κ2) is 7.48. The number of nitrogens with zero attached hydrogens (tertiary/aromatic N) is 4. The van der Waals surface area contributed by atoms with Gasteiger partial charge in [0, 0.05) is 5.69 Å². The fraction of sp³-hybridized carbons (Fsp3) is 0.0909. The number of H-pyrrole nitrogens is 1. The molecule has 2 aromatic carbocycles. The van der Waals surface area contributed by atoms with Crippen molar-refractivity contribution in [3.8, 4) is 5.69 Å². The Hall–Kier alpha value is -3.78. The Bertz CT molecular complexity index is 1490. The first-order valence-corrected chi connectivity index (χ1v) is 9.91. The first kappa shape index (κ1) is 19.2. The quantitative estimate of drug-likeness (QED) is 0.431. The molecule has 0 radical (unpaired) electrons. The Morgan fingerprint density at radius 1 is 1.13 bits per heavy atom. The number of imidazole rings is 1. The summed E-state index contributed by atoms with van der Waals surface area (Å²) in [7, 11) is 0. The van der Waals surface area contributed by atoms with E-state index in [1.165, 1.54) is 23.0 Å². The summed E-state index contributed by atoms with van der Waals surface area (Å²) in [5.74, 6) is 0.0484.